The van der Waals surface area contributed by atoms with Crippen molar-refractivity contribution in [2.75, 3.05) is 0 Å². The minimum absolute atomic E-state index is 0.0151. The Balaban J connectivity index is 3.20. The lowest BCUT2D eigenvalue weighted by molar-refractivity contribution is 0.275. The van der Waals surface area contributed by atoms with Crippen LogP contribution in [0.5, 0.6) is 0 Å². The molecule has 0 aliphatic rings. The summed E-state index contributed by atoms with van der Waals surface area (Å²) >= 11 is 0. The van der Waals surface area contributed by atoms with Crippen LogP contribution in [0.25, 0.3) is 0 Å². The zero-order valence-electron chi connectivity index (χ0n) is 12.3. The third-order valence-corrected chi connectivity index (χ3v) is 4.75. The first-order chi connectivity index (χ1) is 9.13. The first-order valence-corrected chi connectivity index (χ1v) is 8.05. The van der Waals surface area contributed by atoms with Gasteiger partial charge in [0.1, 0.15) is 5.82 Å². The Morgan fingerprint density at radius 3 is 2.45 bits per heavy atom. The molecule has 6 heteroatoms. The molecule has 1 aromatic carbocycles. The summed E-state index contributed by atoms with van der Waals surface area (Å²) in [5.41, 5.74) is -0.390. The van der Waals surface area contributed by atoms with Gasteiger partial charge >= 0.3 is 0 Å². The van der Waals surface area contributed by atoms with E-state index in [2.05, 4.69) is 4.72 Å². The second-order valence-corrected chi connectivity index (χ2v) is 7.29. The zero-order chi connectivity index (χ0) is 15.6. The Labute approximate surface area is 120 Å². The Kier molecular flexibility index (Phi) is 5.29. The summed E-state index contributed by atoms with van der Waals surface area (Å²) in [6, 6.07) is 2.45. The average Bonchev–Trinajstić information content (AvgIpc) is 2.30. The maximum absolute atomic E-state index is 13.7. The van der Waals surface area contributed by atoms with Gasteiger partial charge in [-0.3, -0.25) is 0 Å². The van der Waals surface area contributed by atoms with E-state index in [4.69, 9.17) is 5.11 Å². The first kappa shape index (κ1) is 17.1. The van der Waals surface area contributed by atoms with Gasteiger partial charge in [-0.15, -0.1) is 0 Å². The van der Waals surface area contributed by atoms with E-state index >= 15 is 0 Å². The van der Waals surface area contributed by atoms with Crippen molar-refractivity contribution in [2.45, 2.75) is 57.6 Å². The number of hydrogen-bond donors (Lipinski definition) is 2. The van der Waals surface area contributed by atoms with Crippen molar-refractivity contribution in [1.29, 1.82) is 0 Å². The summed E-state index contributed by atoms with van der Waals surface area (Å²) in [4.78, 5) is -0.0235. The van der Waals surface area contributed by atoms with Crippen molar-refractivity contribution in [2.24, 2.45) is 0 Å². The van der Waals surface area contributed by atoms with Gasteiger partial charge in [0, 0.05) is 11.1 Å². The molecule has 0 spiro atoms. The van der Waals surface area contributed by atoms with Crippen molar-refractivity contribution in [3.63, 3.8) is 0 Å². The molecule has 0 heterocycles. The van der Waals surface area contributed by atoms with Crippen LogP contribution in [0, 0.1) is 12.7 Å². The van der Waals surface area contributed by atoms with Crippen LogP contribution < -0.4 is 4.72 Å². The van der Waals surface area contributed by atoms with Crippen LogP contribution in [0.1, 0.15) is 44.7 Å². The lowest BCUT2D eigenvalue weighted by Gasteiger charge is -2.25. The standard InChI is InChI=1S/C14H22FNO3S/c1-5-6-14(3,4)16-20(18,19)12-7-10(2)13(15)11(8-12)9-17/h7-8,16-17H,5-6,9H2,1-4H3. The molecular formula is C14H22FNO3S. The van der Waals surface area contributed by atoms with E-state index in [-0.39, 0.29) is 16.0 Å². The van der Waals surface area contributed by atoms with E-state index < -0.39 is 28.0 Å². The van der Waals surface area contributed by atoms with Gasteiger partial charge in [0.25, 0.3) is 0 Å². The van der Waals surface area contributed by atoms with Crippen molar-refractivity contribution < 1.29 is 17.9 Å². The SMILES string of the molecule is CCCC(C)(C)NS(=O)(=O)c1cc(C)c(F)c(CO)c1. The number of benzene rings is 1. The van der Waals surface area contributed by atoms with Gasteiger partial charge in [-0.1, -0.05) is 13.3 Å². The van der Waals surface area contributed by atoms with Crippen molar-refractivity contribution in [3.05, 3.63) is 29.1 Å². The van der Waals surface area contributed by atoms with Crippen LogP contribution in [0.4, 0.5) is 4.39 Å². The predicted molar refractivity (Wildman–Crippen MR) is 76.4 cm³/mol. The van der Waals surface area contributed by atoms with Crippen molar-refractivity contribution in [3.8, 4) is 0 Å². The van der Waals surface area contributed by atoms with E-state index in [0.717, 1.165) is 6.42 Å². The number of aryl methyl sites for hydroxylation is 1. The molecule has 0 saturated carbocycles. The molecule has 20 heavy (non-hydrogen) atoms. The molecule has 0 aliphatic heterocycles. The number of nitrogens with one attached hydrogen (secondary N) is 1. The van der Waals surface area contributed by atoms with Crippen LogP contribution in [-0.2, 0) is 16.6 Å². The number of aliphatic hydroxyl groups excluding tert-OH is 1. The number of hydrogen-bond acceptors (Lipinski definition) is 3. The number of sulfonamides is 1. The molecule has 1 aromatic rings. The Bertz CT molecular complexity index is 582. The van der Waals surface area contributed by atoms with Crippen LogP contribution in [0.2, 0.25) is 0 Å². The van der Waals surface area contributed by atoms with Gasteiger partial charge < -0.3 is 5.11 Å². The van der Waals surface area contributed by atoms with E-state index in [9.17, 15) is 12.8 Å². The lowest BCUT2D eigenvalue weighted by atomic mass is 10.0. The van der Waals surface area contributed by atoms with Gasteiger partial charge in [-0.25, -0.2) is 17.5 Å². The predicted octanol–water partition coefficient (Wildman–Crippen LogP) is 2.48. The van der Waals surface area contributed by atoms with E-state index in [0.29, 0.717) is 6.42 Å². The molecule has 0 aromatic heterocycles. The minimum Gasteiger partial charge on any atom is -0.392 e. The van der Waals surface area contributed by atoms with Gasteiger partial charge in [0.05, 0.1) is 11.5 Å². The van der Waals surface area contributed by atoms with Gasteiger partial charge in [0.2, 0.25) is 10.0 Å². The number of halogens is 1. The molecular weight excluding hydrogens is 281 g/mol. The highest BCUT2D eigenvalue weighted by atomic mass is 32.2. The smallest absolute Gasteiger partial charge is 0.241 e. The normalized spacial score (nSPS) is 12.7. The molecule has 0 atom stereocenters. The van der Waals surface area contributed by atoms with Crippen LogP contribution in [0.3, 0.4) is 0 Å². The molecule has 0 saturated heterocycles. The quantitative estimate of drug-likeness (QED) is 0.848. The Morgan fingerprint density at radius 1 is 1.35 bits per heavy atom. The fraction of sp³-hybridized carbons (Fsp3) is 0.571. The van der Waals surface area contributed by atoms with Crippen LogP contribution >= 0.6 is 0 Å². The number of aliphatic hydroxyl groups is 1. The summed E-state index contributed by atoms with van der Waals surface area (Å²) < 4.78 is 40.9. The second-order valence-electron chi connectivity index (χ2n) is 5.61. The highest BCUT2D eigenvalue weighted by Crippen LogP contribution is 2.22. The molecule has 0 bridgehead atoms. The third-order valence-electron chi connectivity index (χ3n) is 3.07. The minimum atomic E-state index is -3.74. The maximum atomic E-state index is 13.7. The summed E-state index contributed by atoms with van der Waals surface area (Å²) in [5, 5.41) is 9.09. The monoisotopic (exact) mass is 303 g/mol. The van der Waals surface area contributed by atoms with Crippen LogP contribution in [-0.4, -0.2) is 19.1 Å². The summed E-state index contributed by atoms with van der Waals surface area (Å²) in [6.45, 7) is 6.52. The molecule has 2 N–H and O–H groups in total. The van der Waals surface area contributed by atoms with E-state index in [1.807, 2.05) is 6.92 Å². The van der Waals surface area contributed by atoms with E-state index in [1.54, 1.807) is 13.8 Å². The second kappa shape index (κ2) is 6.20. The van der Waals surface area contributed by atoms with E-state index in [1.165, 1.54) is 19.1 Å². The molecule has 1 rings (SSSR count). The summed E-state index contributed by atoms with van der Waals surface area (Å²) in [5.74, 6) is -0.570. The average molecular weight is 303 g/mol. The van der Waals surface area contributed by atoms with Gasteiger partial charge in [-0.2, -0.15) is 0 Å². The Hall–Kier alpha value is -0.980. The largest absolute Gasteiger partial charge is 0.392 e. The zero-order valence-corrected chi connectivity index (χ0v) is 13.1. The Morgan fingerprint density at radius 2 is 1.95 bits per heavy atom. The topological polar surface area (TPSA) is 66.4 Å². The molecule has 0 unspecified atom stereocenters. The van der Waals surface area contributed by atoms with Gasteiger partial charge in [0.15, 0.2) is 0 Å². The summed E-state index contributed by atoms with van der Waals surface area (Å²) in [6.07, 6.45) is 1.54. The first-order valence-electron chi connectivity index (χ1n) is 6.57. The van der Waals surface area contributed by atoms with Crippen molar-refractivity contribution >= 4 is 10.0 Å². The number of rotatable bonds is 6. The van der Waals surface area contributed by atoms with Gasteiger partial charge in [-0.05, 0) is 44.9 Å². The summed E-state index contributed by atoms with van der Waals surface area (Å²) in [7, 11) is -3.74. The fourth-order valence-corrected chi connectivity index (χ4v) is 3.75. The molecule has 0 amide bonds. The highest BCUT2D eigenvalue weighted by Gasteiger charge is 2.26. The molecule has 4 nitrogen and oxygen atoms in total. The molecule has 0 fully saturated rings. The van der Waals surface area contributed by atoms with Crippen LogP contribution in [0.15, 0.2) is 17.0 Å². The molecule has 0 radical (unpaired) electrons. The molecule has 0 aliphatic carbocycles. The molecule has 114 valence electrons. The highest BCUT2D eigenvalue weighted by molar-refractivity contribution is 7.89. The third kappa shape index (κ3) is 4.01. The van der Waals surface area contributed by atoms with Crippen molar-refractivity contribution in [1.82, 2.24) is 4.72 Å². The fourth-order valence-electron chi connectivity index (χ4n) is 2.18. The maximum Gasteiger partial charge on any atom is 0.241 e. The lowest BCUT2D eigenvalue weighted by Crippen LogP contribution is -2.43.